The number of allylic oxidation sites excluding steroid dienone is 4. The highest BCUT2D eigenvalue weighted by Gasteiger charge is 2.34. The average Bonchev–Trinajstić information content (AvgIpc) is 2.98. The van der Waals surface area contributed by atoms with Gasteiger partial charge in [-0.3, -0.25) is 14.4 Å². The first kappa shape index (κ1) is 33.1. The fraction of sp³-hybridized carbons (Fsp3) is 0.486. The van der Waals surface area contributed by atoms with E-state index < -0.39 is 11.8 Å². The second-order valence-corrected chi connectivity index (χ2v) is 11.1. The van der Waals surface area contributed by atoms with Crippen LogP contribution in [0.3, 0.4) is 0 Å². The highest BCUT2D eigenvalue weighted by molar-refractivity contribution is 5.93. The molecule has 2 aromatic rings. The van der Waals surface area contributed by atoms with Gasteiger partial charge < -0.3 is 0 Å². The molecule has 0 aliphatic carbocycles. The molecule has 0 heterocycles. The molecule has 0 aromatic heterocycles. The summed E-state index contributed by atoms with van der Waals surface area (Å²) in [5, 5.41) is 0. The predicted molar refractivity (Wildman–Crippen MR) is 167 cm³/mol. The lowest BCUT2D eigenvalue weighted by atomic mass is 9.75. The molecule has 0 fully saturated rings. The van der Waals surface area contributed by atoms with E-state index in [2.05, 4.69) is 44.2 Å². The largest absolute Gasteiger partial charge is 0.299 e. The normalized spacial score (nSPS) is 14.2. The molecule has 0 aliphatic rings. The summed E-state index contributed by atoms with van der Waals surface area (Å²) >= 11 is 0. The van der Waals surface area contributed by atoms with Gasteiger partial charge >= 0.3 is 0 Å². The molecule has 40 heavy (non-hydrogen) atoms. The maximum atomic E-state index is 13.7. The fourth-order valence-electron chi connectivity index (χ4n) is 5.53. The van der Waals surface area contributed by atoms with Crippen molar-refractivity contribution < 1.29 is 14.4 Å². The van der Waals surface area contributed by atoms with Crippen molar-refractivity contribution in [2.75, 3.05) is 0 Å². The number of ketones is 3. The zero-order chi connectivity index (χ0) is 29.2. The van der Waals surface area contributed by atoms with Gasteiger partial charge in [0.05, 0.1) is 0 Å². The average molecular weight is 543 g/mol. The topological polar surface area (TPSA) is 51.2 Å². The predicted octanol–water partition coefficient (Wildman–Crippen LogP) is 9.10. The third kappa shape index (κ3) is 12.0. The smallest absolute Gasteiger partial charge is 0.136 e. The Bertz CT molecular complexity index is 1080. The first-order valence-corrected chi connectivity index (χ1v) is 15.3. The number of carbonyl (C=O) groups is 3. The molecular weight excluding hydrogens is 492 g/mol. The van der Waals surface area contributed by atoms with Crippen LogP contribution in [-0.2, 0) is 27.2 Å². The van der Waals surface area contributed by atoms with Crippen LogP contribution >= 0.6 is 0 Å². The Morgan fingerprint density at radius 2 is 1.32 bits per heavy atom. The minimum absolute atomic E-state index is 0.0454. The standard InChI is InChI=1S/C37H50O3/c1-5-8-17-29(4)26-27-33(36(39)25-16-23-31-20-13-10-14-21-31)34(35(38)7-3)28-37(40)32(6-2)24-15-22-30-18-11-9-12-19-30/h5,8-14,17-21,32-34H,6-7,15-16,22-28H2,1-4H3. The van der Waals surface area contributed by atoms with Gasteiger partial charge in [-0.05, 0) is 76.3 Å². The SMILES string of the molecule is CC=CC=C(C)CCC(C(=O)CCCc1ccccc1)C(CC(=O)C(CC)CCCc1ccccc1)C(=O)CC. The van der Waals surface area contributed by atoms with Crippen molar-refractivity contribution >= 4 is 17.3 Å². The van der Waals surface area contributed by atoms with E-state index >= 15 is 0 Å². The van der Waals surface area contributed by atoms with Crippen molar-refractivity contribution in [3.8, 4) is 0 Å². The summed E-state index contributed by atoms with van der Waals surface area (Å²) in [6.45, 7) is 7.96. The Morgan fingerprint density at radius 1 is 0.725 bits per heavy atom. The van der Waals surface area contributed by atoms with Gasteiger partial charge in [-0.25, -0.2) is 0 Å². The summed E-state index contributed by atoms with van der Waals surface area (Å²) in [6, 6.07) is 20.6. The molecule has 2 aromatic carbocycles. The van der Waals surface area contributed by atoms with E-state index in [1.54, 1.807) is 0 Å². The lowest BCUT2D eigenvalue weighted by Crippen LogP contribution is -2.33. The van der Waals surface area contributed by atoms with Crippen molar-refractivity contribution in [1.82, 2.24) is 0 Å². The van der Waals surface area contributed by atoms with Gasteiger partial charge in [0.25, 0.3) is 0 Å². The van der Waals surface area contributed by atoms with Crippen molar-refractivity contribution in [2.24, 2.45) is 17.8 Å². The Labute approximate surface area is 243 Å². The van der Waals surface area contributed by atoms with Gasteiger partial charge in [0.15, 0.2) is 0 Å². The van der Waals surface area contributed by atoms with Gasteiger partial charge in [-0.15, -0.1) is 0 Å². The molecule has 3 unspecified atom stereocenters. The van der Waals surface area contributed by atoms with E-state index in [1.807, 2.05) is 62.4 Å². The highest BCUT2D eigenvalue weighted by Crippen LogP contribution is 2.30. The molecule has 2 rings (SSSR count). The van der Waals surface area contributed by atoms with Crippen LogP contribution in [0.5, 0.6) is 0 Å². The highest BCUT2D eigenvalue weighted by atomic mass is 16.1. The Kier molecular flexibility index (Phi) is 15.8. The van der Waals surface area contributed by atoms with Crippen LogP contribution in [0.2, 0.25) is 0 Å². The van der Waals surface area contributed by atoms with Crippen LogP contribution < -0.4 is 0 Å². The van der Waals surface area contributed by atoms with E-state index in [0.29, 0.717) is 19.3 Å². The molecule has 0 radical (unpaired) electrons. The van der Waals surface area contributed by atoms with Crippen molar-refractivity contribution in [1.29, 1.82) is 0 Å². The lowest BCUT2D eigenvalue weighted by molar-refractivity contribution is -0.136. The number of Topliss-reactive ketones (excluding diaryl/α,β-unsaturated/α-hetero) is 3. The van der Waals surface area contributed by atoms with Crippen LogP contribution in [0, 0.1) is 17.8 Å². The third-order valence-electron chi connectivity index (χ3n) is 8.05. The van der Waals surface area contributed by atoms with Gasteiger partial charge in [0.2, 0.25) is 0 Å². The Morgan fingerprint density at radius 3 is 1.88 bits per heavy atom. The molecule has 0 saturated carbocycles. The molecule has 216 valence electrons. The van der Waals surface area contributed by atoms with Gasteiger partial charge in [0.1, 0.15) is 17.3 Å². The monoisotopic (exact) mass is 542 g/mol. The third-order valence-corrected chi connectivity index (χ3v) is 8.05. The Hall–Kier alpha value is -3.07. The Balaban J connectivity index is 2.14. The van der Waals surface area contributed by atoms with E-state index in [4.69, 9.17) is 0 Å². The van der Waals surface area contributed by atoms with Crippen molar-refractivity contribution in [3.63, 3.8) is 0 Å². The number of hydrogen-bond donors (Lipinski definition) is 0. The minimum atomic E-state index is -0.528. The summed E-state index contributed by atoms with van der Waals surface area (Å²) in [4.78, 5) is 40.5. The molecule has 0 aliphatic heterocycles. The number of benzene rings is 2. The number of carbonyl (C=O) groups excluding carboxylic acids is 3. The van der Waals surface area contributed by atoms with E-state index in [0.717, 1.165) is 44.9 Å². The van der Waals surface area contributed by atoms with Crippen LogP contribution in [0.25, 0.3) is 0 Å². The van der Waals surface area contributed by atoms with E-state index in [1.165, 1.54) is 16.7 Å². The molecule has 0 saturated heterocycles. The van der Waals surface area contributed by atoms with Crippen LogP contribution in [0.4, 0.5) is 0 Å². The van der Waals surface area contributed by atoms with E-state index in [9.17, 15) is 14.4 Å². The van der Waals surface area contributed by atoms with Crippen LogP contribution in [-0.4, -0.2) is 17.3 Å². The van der Waals surface area contributed by atoms with Gasteiger partial charge in [0, 0.05) is 37.0 Å². The quantitative estimate of drug-likeness (QED) is 0.157. The summed E-state index contributed by atoms with van der Waals surface area (Å²) in [6.07, 6.45) is 13.5. The molecular formula is C37H50O3. The number of hydrogen-bond acceptors (Lipinski definition) is 3. The first-order valence-electron chi connectivity index (χ1n) is 15.3. The zero-order valence-electron chi connectivity index (χ0n) is 25.2. The summed E-state index contributed by atoms with van der Waals surface area (Å²) in [7, 11) is 0. The lowest BCUT2D eigenvalue weighted by Gasteiger charge is -2.26. The number of aryl methyl sites for hydroxylation is 2. The van der Waals surface area contributed by atoms with E-state index in [-0.39, 0.29) is 29.7 Å². The summed E-state index contributed by atoms with van der Waals surface area (Å²) in [5.74, 6) is -0.690. The maximum absolute atomic E-state index is 13.7. The molecule has 3 heteroatoms. The number of rotatable bonds is 20. The van der Waals surface area contributed by atoms with Gasteiger partial charge in [-0.1, -0.05) is 98.3 Å². The first-order chi connectivity index (χ1) is 19.4. The second kappa shape index (κ2) is 19.1. The molecule has 0 bridgehead atoms. The van der Waals surface area contributed by atoms with Crippen LogP contribution in [0.1, 0.15) is 96.6 Å². The zero-order valence-corrected chi connectivity index (χ0v) is 25.2. The van der Waals surface area contributed by atoms with Crippen LogP contribution in [0.15, 0.2) is 84.5 Å². The molecule has 0 N–H and O–H groups in total. The summed E-state index contributed by atoms with van der Waals surface area (Å²) < 4.78 is 0. The molecule has 3 atom stereocenters. The second-order valence-electron chi connectivity index (χ2n) is 11.1. The van der Waals surface area contributed by atoms with Crippen molar-refractivity contribution in [2.45, 2.75) is 98.3 Å². The molecule has 0 spiro atoms. The molecule has 0 amide bonds. The molecule has 3 nitrogen and oxygen atoms in total. The van der Waals surface area contributed by atoms with Gasteiger partial charge in [-0.2, -0.15) is 0 Å². The fourth-order valence-corrected chi connectivity index (χ4v) is 5.53. The van der Waals surface area contributed by atoms with Crippen molar-refractivity contribution in [3.05, 3.63) is 95.6 Å². The minimum Gasteiger partial charge on any atom is -0.299 e. The summed E-state index contributed by atoms with van der Waals surface area (Å²) in [5.41, 5.74) is 3.68. The maximum Gasteiger partial charge on any atom is 0.136 e.